The predicted octanol–water partition coefficient (Wildman–Crippen LogP) is 2.94. The van der Waals surface area contributed by atoms with Crippen LogP contribution in [0.15, 0.2) is 64.4 Å². The summed E-state index contributed by atoms with van der Waals surface area (Å²) in [5, 5.41) is 2.26. The second kappa shape index (κ2) is 9.90. The number of rotatable bonds is 7. The SMILES string of the molecule is O=C(NCCN1C(=O)SC(=Cc2ccccc2)C1=O)c1cccc(S(=O)(=O)N2CCCC2)c1. The molecular weight excluding hydrogens is 462 g/mol. The molecule has 0 unspecified atom stereocenters. The first kappa shape index (κ1) is 23.2. The molecular formula is C23H23N3O5S2. The van der Waals surface area contributed by atoms with Gasteiger partial charge in [-0.15, -0.1) is 0 Å². The van der Waals surface area contributed by atoms with Crippen molar-refractivity contribution in [2.24, 2.45) is 0 Å². The molecule has 0 atom stereocenters. The highest BCUT2D eigenvalue weighted by Gasteiger charge is 2.34. The number of thioether (sulfide) groups is 1. The van der Waals surface area contributed by atoms with Crippen LogP contribution in [0.25, 0.3) is 6.08 Å². The summed E-state index contributed by atoms with van der Waals surface area (Å²) in [5.41, 5.74) is 1.02. The van der Waals surface area contributed by atoms with Gasteiger partial charge in [-0.25, -0.2) is 8.42 Å². The van der Waals surface area contributed by atoms with Crippen LogP contribution in [0, 0.1) is 0 Å². The monoisotopic (exact) mass is 485 g/mol. The van der Waals surface area contributed by atoms with E-state index in [4.69, 9.17) is 0 Å². The van der Waals surface area contributed by atoms with Gasteiger partial charge < -0.3 is 5.32 Å². The van der Waals surface area contributed by atoms with E-state index in [0.29, 0.717) is 18.0 Å². The summed E-state index contributed by atoms with van der Waals surface area (Å²) in [5.74, 6) is -0.873. The second-order valence-corrected chi connectivity index (χ2v) is 10.6. The van der Waals surface area contributed by atoms with Crippen molar-refractivity contribution in [3.8, 4) is 0 Å². The summed E-state index contributed by atoms with van der Waals surface area (Å²) < 4.78 is 26.9. The molecule has 4 rings (SSSR count). The number of imide groups is 1. The Labute approximate surface area is 196 Å². The fraction of sp³-hybridized carbons (Fsp3) is 0.261. The van der Waals surface area contributed by atoms with Crippen LogP contribution < -0.4 is 5.32 Å². The van der Waals surface area contributed by atoms with Gasteiger partial charge in [-0.2, -0.15) is 4.31 Å². The Balaban J connectivity index is 1.36. The average molecular weight is 486 g/mol. The molecule has 2 saturated heterocycles. The van der Waals surface area contributed by atoms with Crippen molar-refractivity contribution in [2.45, 2.75) is 17.7 Å². The summed E-state index contributed by atoms with van der Waals surface area (Å²) in [6.07, 6.45) is 3.32. The van der Waals surface area contributed by atoms with Gasteiger partial charge in [-0.1, -0.05) is 36.4 Å². The lowest BCUT2D eigenvalue weighted by molar-refractivity contribution is -0.122. The third-order valence-corrected chi connectivity index (χ3v) is 8.19. The summed E-state index contributed by atoms with van der Waals surface area (Å²) in [6.45, 7) is 1.04. The number of nitrogens with one attached hydrogen (secondary N) is 1. The standard InChI is InChI=1S/C23H23N3O5S2/c27-21(18-9-6-10-19(16-18)33(30,31)25-12-4-5-13-25)24-11-14-26-22(28)20(32-23(26)29)15-17-7-2-1-3-8-17/h1-3,6-10,15-16H,4-5,11-14H2,(H,24,27). The van der Waals surface area contributed by atoms with Gasteiger partial charge >= 0.3 is 0 Å². The van der Waals surface area contributed by atoms with E-state index in [1.807, 2.05) is 30.3 Å². The Morgan fingerprint density at radius 3 is 2.48 bits per heavy atom. The molecule has 2 fully saturated rings. The van der Waals surface area contributed by atoms with E-state index in [1.54, 1.807) is 6.08 Å². The van der Waals surface area contributed by atoms with Crippen LogP contribution in [-0.4, -0.2) is 60.9 Å². The Morgan fingerprint density at radius 1 is 1.03 bits per heavy atom. The van der Waals surface area contributed by atoms with Crippen molar-refractivity contribution in [2.75, 3.05) is 26.2 Å². The van der Waals surface area contributed by atoms with Gasteiger partial charge in [0.2, 0.25) is 10.0 Å². The maximum atomic E-state index is 12.7. The van der Waals surface area contributed by atoms with Crippen LogP contribution in [-0.2, 0) is 14.8 Å². The van der Waals surface area contributed by atoms with Crippen molar-refractivity contribution in [3.63, 3.8) is 0 Å². The number of amides is 3. The van der Waals surface area contributed by atoms with Gasteiger partial charge in [0.05, 0.1) is 9.80 Å². The number of hydrogen-bond acceptors (Lipinski definition) is 6. The lowest BCUT2D eigenvalue weighted by Gasteiger charge is -2.16. The molecule has 2 aliphatic heterocycles. The van der Waals surface area contributed by atoms with Gasteiger partial charge in [0, 0.05) is 31.7 Å². The van der Waals surface area contributed by atoms with E-state index in [0.717, 1.165) is 35.1 Å². The highest BCUT2D eigenvalue weighted by molar-refractivity contribution is 8.18. The summed E-state index contributed by atoms with van der Waals surface area (Å²) in [7, 11) is -3.63. The third-order valence-electron chi connectivity index (χ3n) is 5.39. The highest BCUT2D eigenvalue weighted by atomic mass is 32.2. The van der Waals surface area contributed by atoms with Gasteiger partial charge in [-0.3, -0.25) is 19.3 Å². The fourth-order valence-electron chi connectivity index (χ4n) is 3.65. The van der Waals surface area contributed by atoms with Crippen molar-refractivity contribution in [3.05, 3.63) is 70.6 Å². The van der Waals surface area contributed by atoms with Crippen molar-refractivity contribution >= 4 is 44.9 Å². The van der Waals surface area contributed by atoms with Gasteiger partial charge in [0.25, 0.3) is 17.1 Å². The Bertz CT molecular complexity index is 1210. The van der Waals surface area contributed by atoms with Crippen molar-refractivity contribution in [1.82, 2.24) is 14.5 Å². The molecule has 2 aliphatic rings. The molecule has 1 N–H and O–H groups in total. The van der Waals surface area contributed by atoms with Crippen LogP contribution in [0.1, 0.15) is 28.8 Å². The smallest absolute Gasteiger partial charge is 0.293 e. The molecule has 0 spiro atoms. The van der Waals surface area contributed by atoms with Crippen LogP contribution in [0.4, 0.5) is 4.79 Å². The number of hydrogen-bond donors (Lipinski definition) is 1. The molecule has 0 aliphatic carbocycles. The minimum atomic E-state index is -3.63. The zero-order chi connectivity index (χ0) is 23.4. The lowest BCUT2D eigenvalue weighted by atomic mass is 10.2. The maximum absolute atomic E-state index is 12.7. The van der Waals surface area contributed by atoms with Crippen LogP contribution in [0.5, 0.6) is 0 Å². The molecule has 8 nitrogen and oxygen atoms in total. The molecule has 33 heavy (non-hydrogen) atoms. The summed E-state index contributed by atoms with van der Waals surface area (Å²) >= 11 is 0.863. The van der Waals surface area contributed by atoms with Crippen LogP contribution in [0.3, 0.4) is 0 Å². The van der Waals surface area contributed by atoms with E-state index in [1.165, 1.54) is 28.6 Å². The number of nitrogens with zero attached hydrogens (tertiary/aromatic N) is 2. The topological polar surface area (TPSA) is 104 Å². The van der Waals surface area contributed by atoms with E-state index < -0.39 is 27.1 Å². The Kier molecular flexibility index (Phi) is 6.96. The zero-order valence-electron chi connectivity index (χ0n) is 17.8. The molecule has 0 aromatic heterocycles. The first-order chi connectivity index (χ1) is 15.9. The Hall–Kier alpha value is -2.95. The molecule has 3 amide bonds. The summed E-state index contributed by atoms with van der Waals surface area (Å²) in [6, 6.07) is 15.1. The quantitative estimate of drug-likeness (QED) is 0.605. The first-order valence-corrected chi connectivity index (χ1v) is 12.8. The van der Waals surface area contributed by atoms with Crippen molar-refractivity contribution in [1.29, 1.82) is 0 Å². The molecule has 172 valence electrons. The highest BCUT2D eigenvalue weighted by Crippen LogP contribution is 2.31. The molecule has 2 aromatic rings. The minimum absolute atomic E-state index is 0.0221. The molecule has 10 heteroatoms. The normalized spacial score (nSPS) is 18.3. The van der Waals surface area contributed by atoms with Crippen LogP contribution >= 0.6 is 11.8 Å². The Morgan fingerprint density at radius 2 is 1.76 bits per heavy atom. The largest absolute Gasteiger partial charge is 0.350 e. The number of carbonyl (C=O) groups is 3. The zero-order valence-corrected chi connectivity index (χ0v) is 19.4. The van der Waals surface area contributed by atoms with E-state index in [2.05, 4.69) is 5.32 Å². The first-order valence-electron chi connectivity index (χ1n) is 10.5. The number of sulfonamides is 1. The predicted molar refractivity (Wildman–Crippen MR) is 126 cm³/mol. The third kappa shape index (κ3) is 5.18. The van der Waals surface area contributed by atoms with Gasteiger partial charge in [0.15, 0.2) is 0 Å². The van der Waals surface area contributed by atoms with E-state index in [9.17, 15) is 22.8 Å². The second-order valence-electron chi connectivity index (χ2n) is 7.64. The molecule has 0 radical (unpaired) electrons. The maximum Gasteiger partial charge on any atom is 0.293 e. The molecule has 2 heterocycles. The summed E-state index contributed by atoms with van der Waals surface area (Å²) in [4.78, 5) is 38.9. The van der Waals surface area contributed by atoms with Crippen LogP contribution in [0.2, 0.25) is 0 Å². The average Bonchev–Trinajstić information content (AvgIpc) is 3.45. The van der Waals surface area contributed by atoms with Crippen molar-refractivity contribution < 1.29 is 22.8 Å². The van der Waals surface area contributed by atoms with Gasteiger partial charge in [0.1, 0.15) is 0 Å². The molecule has 0 saturated carbocycles. The van der Waals surface area contributed by atoms with E-state index >= 15 is 0 Å². The van der Waals surface area contributed by atoms with E-state index in [-0.39, 0.29) is 23.5 Å². The minimum Gasteiger partial charge on any atom is -0.350 e. The number of benzene rings is 2. The number of carbonyl (C=O) groups excluding carboxylic acids is 3. The molecule has 0 bridgehead atoms. The van der Waals surface area contributed by atoms with Gasteiger partial charge in [-0.05, 0) is 54.4 Å². The molecule has 2 aromatic carbocycles. The lowest BCUT2D eigenvalue weighted by Crippen LogP contribution is -2.37. The fourth-order valence-corrected chi connectivity index (χ4v) is 6.08.